The van der Waals surface area contributed by atoms with E-state index in [1.165, 1.54) is 6.20 Å². The second-order valence-electron chi connectivity index (χ2n) is 5.13. The van der Waals surface area contributed by atoms with E-state index in [0.717, 1.165) is 10.6 Å². The molecule has 0 radical (unpaired) electrons. The average Bonchev–Trinajstić information content (AvgIpc) is 2.64. The molecule has 2 heterocycles. The SMILES string of the molecule is CC(C)NC[C@H]1O[C@@H](n2ccc(=O)[nH]c2=O)[C@H](O)[C@@H]1O. The molecule has 0 unspecified atom stereocenters. The molecule has 1 aromatic heterocycles. The summed E-state index contributed by atoms with van der Waals surface area (Å²) in [4.78, 5) is 24.8. The van der Waals surface area contributed by atoms with Crippen molar-refractivity contribution in [2.45, 2.75) is 44.4 Å². The molecule has 1 fully saturated rings. The van der Waals surface area contributed by atoms with Crippen LogP contribution >= 0.6 is 0 Å². The van der Waals surface area contributed by atoms with Crippen LogP contribution in [0.1, 0.15) is 20.1 Å². The van der Waals surface area contributed by atoms with E-state index >= 15 is 0 Å². The number of aliphatic hydroxyl groups is 2. The predicted octanol–water partition coefficient (Wildman–Crippen LogP) is -1.85. The quantitative estimate of drug-likeness (QED) is 0.516. The van der Waals surface area contributed by atoms with E-state index in [2.05, 4.69) is 10.3 Å². The van der Waals surface area contributed by atoms with Gasteiger partial charge in [0.15, 0.2) is 6.23 Å². The molecule has 8 nitrogen and oxygen atoms in total. The van der Waals surface area contributed by atoms with Gasteiger partial charge in [-0.1, -0.05) is 13.8 Å². The summed E-state index contributed by atoms with van der Waals surface area (Å²) in [7, 11) is 0. The van der Waals surface area contributed by atoms with Crippen LogP contribution in [0.25, 0.3) is 0 Å². The summed E-state index contributed by atoms with van der Waals surface area (Å²) in [6.45, 7) is 4.24. The van der Waals surface area contributed by atoms with Crippen LogP contribution in [0, 0.1) is 0 Å². The second kappa shape index (κ2) is 5.88. The first kappa shape index (κ1) is 14.9. The van der Waals surface area contributed by atoms with E-state index in [9.17, 15) is 19.8 Å². The van der Waals surface area contributed by atoms with Crippen molar-refractivity contribution < 1.29 is 14.9 Å². The lowest BCUT2D eigenvalue weighted by molar-refractivity contribution is -0.0394. The number of hydrogen-bond donors (Lipinski definition) is 4. The number of rotatable bonds is 4. The molecule has 0 aromatic carbocycles. The van der Waals surface area contributed by atoms with Gasteiger partial charge in [0.25, 0.3) is 5.56 Å². The molecule has 4 N–H and O–H groups in total. The Bertz CT molecular complexity index is 567. The Morgan fingerprint density at radius 3 is 2.70 bits per heavy atom. The molecule has 20 heavy (non-hydrogen) atoms. The first-order valence-electron chi connectivity index (χ1n) is 6.46. The summed E-state index contributed by atoms with van der Waals surface area (Å²) in [6.07, 6.45) is -2.76. The van der Waals surface area contributed by atoms with Crippen LogP contribution in [0.3, 0.4) is 0 Å². The third kappa shape index (κ3) is 2.98. The van der Waals surface area contributed by atoms with Gasteiger partial charge in [-0.05, 0) is 0 Å². The fourth-order valence-corrected chi connectivity index (χ4v) is 2.11. The van der Waals surface area contributed by atoms with Gasteiger partial charge in [-0.25, -0.2) is 4.79 Å². The highest BCUT2D eigenvalue weighted by molar-refractivity contribution is 4.93. The molecule has 0 aliphatic carbocycles. The molecule has 0 spiro atoms. The van der Waals surface area contributed by atoms with Crippen LogP contribution in [-0.2, 0) is 4.74 Å². The average molecular weight is 285 g/mol. The van der Waals surface area contributed by atoms with Crippen molar-refractivity contribution in [1.82, 2.24) is 14.9 Å². The fourth-order valence-electron chi connectivity index (χ4n) is 2.11. The minimum atomic E-state index is -1.24. The topological polar surface area (TPSA) is 117 Å². The summed E-state index contributed by atoms with van der Waals surface area (Å²) < 4.78 is 6.58. The third-order valence-corrected chi connectivity index (χ3v) is 3.19. The highest BCUT2D eigenvalue weighted by atomic mass is 16.6. The first-order chi connectivity index (χ1) is 9.40. The number of hydrogen-bond acceptors (Lipinski definition) is 6. The Morgan fingerprint density at radius 2 is 2.10 bits per heavy atom. The van der Waals surface area contributed by atoms with E-state index in [0.29, 0.717) is 6.54 Å². The number of nitrogens with one attached hydrogen (secondary N) is 2. The summed E-state index contributed by atoms with van der Waals surface area (Å²) >= 11 is 0. The van der Waals surface area contributed by atoms with Gasteiger partial charge >= 0.3 is 5.69 Å². The molecule has 0 saturated carbocycles. The van der Waals surface area contributed by atoms with E-state index in [4.69, 9.17) is 4.74 Å². The number of aliphatic hydroxyl groups excluding tert-OH is 2. The molecule has 8 heteroatoms. The molecule has 112 valence electrons. The maximum absolute atomic E-state index is 11.7. The van der Waals surface area contributed by atoms with Crippen molar-refractivity contribution >= 4 is 0 Å². The number of H-pyrrole nitrogens is 1. The lowest BCUT2D eigenvalue weighted by Gasteiger charge is -2.17. The third-order valence-electron chi connectivity index (χ3n) is 3.19. The van der Waals surface area contributed by atoms with Crippen LogP contribution in [0.2, 0.25) is 0 Å². The molecule has 1 saturated heterocycles. The van der Waals surface area contributed by atoms with E-state index < -0.39 is 35.8 Å². The van der Waals surface area contributed by atoms with Crippen LogP contribution in [-0.4, -0.2) is 50.7 Å². The van der Waals surface area contributed by atoms with Gasteiger partial charge in [-0.3, -0.25) is 14.3 Å². The van der Waals surface area contributed by atoms with Crippen molar-refractivity contribution in [2.24, 2.45) is 0 Å². The molecule has 0 bridgehead atoms. The fraction of sp³-hybridized carbons (Fsp3) is 0.667. The van der Waals surface area contributed by atoms with Crippen molar-refractivity contribution in [3.63, 3.8) is 0 Å². The van der Waals surface area contributed by atoms with Crippen molar-refractivity contribution in [3.8, 4) is 0 Å². The zero-order valence-electron chi connectivity index (χ0n) is 11.3. The van der Waals surface area contributed by atoms with Gasteiger partial charge in [0, 0.05) is 24.8 Å². The number of aromatic nitrogens is 2. The van der Waals surface area contributed by atoms with Crippen molar-refractivity contribution in [2.75, 3.05) is 6.54 Å². The van der Waals surface area contributed by atoms with Crippen LogP contribution in [0.15, 0.2) is 21.9 Å². The van der Waals surface area contributed by atoms with Gasteiger partial charge in [-0.15, -0.1) is 0 Å². The predicted molar refractivity (Wildman–Crippen MR) is 70.4 cm³/mol. The summed E-state index contributed by atoms with van der Waals surface area (Å²) in [5.74, 6) is 0. The molecule has 4 atom stereocenters. The smallest absolute Gasteiger partial charge is 0.330 e. The molecule has 0 amide bonds. The van der Waals surface area contributed by atoms with Crippen LogP contribution in [0.5, 0.6) is 0 Å². The summed E-state index contributed by atoms with van der Waals surface area (Å²) in [6, 6.07) is 1.36. The van der Waals surface area contributed by atoms with Gasteiger partial charge in [0.1, 0.15) is 18.3 Å². The maximum Gasteiger partial charge on any atom is 0.330 e. The molecule has 1 aromatic rings. The Hall–Kier alpha value is -1.48. The van der Waals surface area contributed by atoms with Gasteiger partial charge in [0.2, 0.25) is 0 Å². The van der Waals surface area contributed by atoms with Gasteiger partial charge in [0.05, 0.1) is 0 Å². The normalized spacial score (nSPS) is 30.1. The highest BCUT2D eigenvalue weighted by Gasteiger charge is 2.43. The highest BCUT2D eigenvalue weighted by Crippen LogP contribution is 2.27. The molecule has 1 aliphatic heterocycles. The Labute approximate surface area is 115 Å². The first-order valence-corrected chi connectivity index (χ1v) is 6.46. The Morgan fingerprint density at radius 1 is 1.40 bits per heavy atom. The summed E-state index contributed by atoms with van der Waals surface area (Å²) in [5, 5.41) is 23.0. The summed E-state index contributed by atoms with van der Waals surface area (Å²) in [5.41, 5.74) is -1.22. The number of aromatic amines is 1. The number of nitrogens with zero attached hydrogens (tertiary/aromatic N) is 1. The Balaban J connectivity index is 2.17. The van der Waals surface area contributed by atoms with Crippen LogP contribution < -0.4 is 16.6 Å². The maximum atomic E-state index is 11.7. The molecular weight excluding hydrogens is 266 g/mol. The zero-order valence-corrected chi connectivity index (χ0v) is 11.3. The molecule has 2 rings (SSSR count). The lowest BCUT2D eigenvalue weighted by Crippen LogP contribution is -2.40. The van der Waals surface area contributed by atoms with Crippen molar-refractivity contribution in [3.05, 3.63) is 33.1 Å². The lowest BCUT2D eigenvalue weighted by atomic mass is 10.1. The molecular formula is C12H19N3O5. The van der Waals surface area contributed by atoms with Crippen LogP contribution in [0.4, 0.5) is 0 Å². The van der Waals surface area contributed by atoms with Gasteiger partial charge < -0.3 is 20.3 Å². The van der Waals surface area contributed by atoms with E-state index in [1.807, 2.05) is 13.8 Å². The van der Waals surface area contributed by atoms with E-state index in [1.54, 1.807) is 0 Å². The zero-order chi connectivity index (χ0) is 14.9. The largest absolute Gasteiger partial charge is 0.387 e. The standard InChI is InChI=1S/C12H19N3O5/c1-6(2)13-5-7-9(17)10(18)11(20-7)15-4-3-8(16)14-12(15)19/h3-4,6-7,9-11,13,17-18H,5H2,1-2H3,(H,14,16,19)/t7-,9-,10-,11-/m1/s1. The van der Waals surface area contributed by atoms with E-state index in [-0.39, 0.29) is 6.04 Å². The molecule has 1 aliphatic rings. The Kier molecular flexibility index (Phi) is 4.39. The second-order valence-corrected chi connectivity index (χ2v) is 5.13. The minimum Gasteiger partial charge on any atom is -0.387 e. The monoisotopic (exact) mass is 285 g/mol. The van der Waals surface area contributed by atoms with Crippen molar-refractivity contribution in [1.29, 1.82) is 0 Å². The minimum absolute atomic E-state index is 0.206. The van der Waals surface area contributed by atoms with Gasteiger partial charge in [-0.2, -0.15) is 0 Å². The number of ether oxygens (including phenoxy) is 1.